The highest BCUT2D eigenvalue weighted by Gasteiger charge is 2.20. The van der Waals surface area contributed by atoms with Gasteiger partial charge < -0.3 is 10.3 Å². The maximum atomic E-state index is 11.4. The lowest BCUT2D eigenvalue weighted by Crippen LogP contribution is -2.27. The molecular formula is C16H21N3OS. The predicted molar refractivity (Wildman–Crippen MR) is 85.8 cm³/mol. The fourth-order valence-electron chi connectivity index (χ4n) is 2.81. The molecule has 0 aliphatic heterocycles. The molecule has 1 aliphatic carbocycles. The zero-order chi connectivity index (χ0) is 14.8. The van der Waals surface area contributed by atoms with E-state index in [0.29, 0.717) is 12.0 Å². The molecule has 3 rings (SSSR count). The number of rotatable bonds is 4. The number of nitrogens with one attached hydrogen (secondary N) is 2. The van der Waals surface area contributed by atoms with Crippen LogP contribution in [-0.2, 0) is 13.0 Å². The molecule has 1 unspecified atom stereocenters. The third kappa shape index (κ3) is 3.24. The molecule has 5 heteroatoms. The van der Waals surface area contributed by atoms with Crippen LogP contribution >= 0.6 is 11.3 Å². The molecule has 2 aromatic heterocycles. The Labute approximate surface area is 128 Å². The average molecular weight is 303 g/mol. The van der Waals surface area contributed by atoms with Crippen molar-refractivity contribution in [3.63, 3.8) is 0 Å². The van der Waals surface area contributed by atoms with E-state index in [1.807, 2.05) is 6.07 Å². The highest BCUT2D eigenvalue weighted by atomic mass is 32.1. The van der Waals surface area contributed by atoms with Gasteiger partial charge in [-0.15, -0.1) is 11.3 Å². The van der Waals surface area contributed by atoms with E-state index in [2.05, 4.69) is 34.5 Å². The summed E-state index contributed by atoms with van der Waals surface area (Å²) in [7, 11) is 0. The summed E-state index contributed by atoms with van der Waals surface area (Å²) in [5.74, 6) is 0.490. The molecule has 2 aromatic rings. The molecule has 21 heavy (non-hydrogen) atoms. The van der Waals surface area contributed by atoms with Gasteiger partial charge in [0.25, 0.3) is 0 Å². The van der Waals surface area contributed by atoms with Gasteiger partial charge >= 0.3 is 0 Å². The summed E-state index contributed by atoms with van der Waals surface area (Å²) >= 11 is 1.73. The van der Waals surface area contributed by atoms with Crippen molar-refractivity contribution in [2.24, 2.45) is 0 Å². The van der Waals surface area contributed by atoms with Crippen LogP contribution in [0.25, 0.3) is 0 Å². The lowest BCUT2D eigenvalue weighted by atomic mass is 9.91. The van der Waals surface area contributed by atoms with Gasteiger partial charge in [0.2, 0.25) is 5.56 Å². The molecule has 4 nitrogen and oxygen atoms in total. The van der Waals surface area contributed by atoms with Crippen molar-refractivity contribution in [1.82, 2.24) is 15.3 Å². The van der Waals surface area contributed by atoms with Gasteiger partial charge in [0.05, 0.1) is 10.7 Å². The number of H-pyrrole nitrogens is 1. The Morgan fingerprint density at radius 2 is 2.33 bits per heavy atom. The van der Waals surface area contributed by atoms with Gasteiger partial charge in [-0.25, -0.2) is 4.98 Å². The van der Waals surface area contributed by atoms with Crippen molar-refractivity contribution >= 4 is 11.3 Å². The minimum absolute atomic E-state index is 0.00419. The highest BCUT2D eigenvalue weighted by Crippen LogP contribution is 2.28. The molecule has 0 amide bonds. The SMILES string of the molecule is CC(C)c1nc(CNC2CCCc3[nH]c(=O)ccc32)cs1. The molecule has 2 heterocycles. The van der Waals surface area contributed by atoms with Crippen molar-refractivity contribution in [2.45, 2.75) is 51.6 Å². The molecule has 0 fully saturated rings. The summed E-state index contributed by atoms with van der Waals surface area (Å²) in [6.45, 7) is 5.12. The number of pyridine rings is 1. The predicted octanol–water partition coefficient (Wildman–Crippen LogP) is 3.12. The minimum atomic E-state index is -0.00419. The lowest BCUT2D eigenvalue weighted by molar-refractivity contribution is 0.451. The molecule has 0 spiro atoms. The summed E-state index contributed by atoms with van der Waals surface area (Å²) in [6, 6.07) is 3.90. The van der Waals surface area contributed by atoms with E-state index in [1.54, 1.807) is 17.4 Å². The summed E-state index contributed by atoms with van der Waals surface area (Å²) in [5, 5.41) is 6.92. The molecule has 0 bridgehead atoms. The topological polar surface area (TPSA) is 57.8 Å². The van der Waals surface area contributed by atoms with E-state index < -0.39 is 0 Å². The highest BCUT2D eigenvalue weighted by molar-refractivity contribution is 7.09. The molecule has 1 aliphatic rings. The first kappa shape index (κ1) is 14.5. The first-order valence-corrected chi connectivity index (χ1v) is 8.41. The van der Waals surface area contributed by atoms with E-state index in [1.165, 1.54) is 10.6 Å². The van der Waals surface area contributed by atoms with E-state index in [-0.39, 0.29) is 5.56 Å². The van der Waals surface area contributed by atoms with Gasteiger partial charge in [0.15, 0.2) is 0 Å². The van der Waals surface area contributed by atoms with Crippen LogP contribution in [0, 0.1) is 0 Å². The van der Waals surface area contributed by atoms with Gasteiger partial charge in [0.1, 0.15) is 0 Å². The Morgan fingerprint density at radius 1 is 1.48 bits per heavy atom. The van der Waals surface area contributed by atoms with Crippen LogP contribution < -0.4 is 10.9 Å². The van der Waals surface area contributed by atoms with Crippen LogP contribution in [0.2, 0.25) is 0 Å². The molecule has 0 radical (unpaired) electrons. The van der Waals surface area contributed by atoms with E-state index in [9.17, 15) is 4.79 Å². The lowest BCUT2D eigenvalue weighted by Gasteiger charge is -2.25. The molecule has 2 N–H and O–H groups in total. The number of thiazole rings is 1. The van der Waals surface area contributed by atoms with Crippen molar-refractivity contribution < 1.29 is 0 Å². The van der Waals surface area contributed by atoms with E-state index in [0.717, 1.165) is 37.2 Å². The number of aromatic amines is 1. The first-order chi connectivity index (χ1) is 10.1. The zero-order valence-corrected chi connectivity index (χ0v) is 13.3. The van der Waals surface area contributed by atoms with Gasteiger partial charge in [-0.05, 0) is 24.8 Å². The number of aromatic nitrogens is 2. The van der Waals surface area contributed by atoms with Gasteiger partial charge in [0, 0.05) is 35.6 Å². The van der Waals surface area contributed by atoms with Crippen molar-refractivity contribution in [3.8, 4) is 0 Å². The molecule has 0 saturated heterocycles. The molecule has 0 aromatic carbocycles. The minimum Gasteiger partial charge on any atom is -0.326 e. The molecule has 112 valence electrons. The zero-order valence-electron chi connectivity index (χ0n) is 12.5. The number of hydrogen-bond donors (Lipinski definition) is 2. The molecule has 0 saturated carbocycles. The Morgan fingerprint density at radius 3 is 3.10 bits per heavy atom. The second-order valence-electron chi connectivity index (χ2n) is 5.91. The number of aryl methyl sites for hydroxylation is 1. The molecular weight excluding hydrogens is 282 g/mol. The van der Waals surface area contributed by atoms with Crippen molar-refractivity contribution in [3.05, 3.63) is 49.8 Å². The van der Waals surface area contributed by atoms with E-state index >= 15 is 0 Å². The smallest absolute Gasteiger partial charge is 0.248 e. The summed E-state index contributed by atoms with van der Waals surface area (Å²) in [5.41, 5.74) is 3.43. The second kappa shape index (κ2) is 6.12. The summed E-state index contributed by atoms with van der Waals surface area (Å²) < 4.78 is 0. The summed E-state index contributed by atoms with van der Waals surface area (Å²) in [4.78, 5) is 19.0. The van der Waals surface area contributed by atoms with Crippen LogP contribution in [0.5, 0.6) is 0 Å². The number of fused-ring (bicyclic) bond motifs is 1. The Kier molecular flexibility index (Phi) is 4.22. The number of hydrogen-bond acceptors (Lipinski definition) is 4. The Hall–Kier alpha value is -1.46. The fraction of sp³-hybridized carbons (Fsp3) is 0.500. The fourth-order valence-corrected chi connectivity index (χ4v) is 3.64. The normalized spacial score (nSPS) is 18.0. The van der Waals surface area contributed by atoms with Gasteiger partial charge in [-0.1, -0.05) is 19.9 Å². The van der Waals surface area contributed by atoms with Crippen LogP contribution in [-0.4, -0.2) is 9.97 Å². The van der Waals surface area contributed by atoms with Crippen LogP contribution in [0.15, 0.2) is 22.3 Å². The third-order valence-electron chi connectivity index (χ3n) is 3.92. The van der Waals surface area contributed by atoms with Gasteiger partial charge in [-0.3, -0.25) is 4.79 Å². The first-order valence-electron chi connectivity index (χ1n) is 7.53. The second-order valence-corrected chi connectivity index (χ2v) is 6.80. The number of nitrogens with zero attached hydrogens (tertiary/aromatic N) is 1. The largest absolute Gasteiger partial charge is 0.326 e. The van der Waals surface area contributed by atoms with Gasteiger partial charge in [-0.2, -0.15) is 0 Å². The maximum absolute atomic E-state index is 11.4. The Bertz CT molecular complexity index is 674. The maximum Gasteiger partial charge on any atom is 0.248 e. The average Bonchev–Trinajstić information content (AvgIpc) is 2.93. The van der Waals surface area contributed by atoms with Crippen molar-refractivity contribution in [1.29, 1.82) is 0 Å². The van der Waals surface area contributed by atoms with Crippen LogP contribution in [0.4, 0.5) is 0 Å². The third-order valence-corrected chi connectivity index (χ3v) is 5.12. The monoisotopic (exact) mass is 303 g/mol. The van der Waals surface area contributed by atoms with Crippen LogP contribution in [0.1, 0.15) is 60.6 Å². The summed E-state index contributed by atoms with van der Waals surface area (Å²) in [6.07, 6.45) is 3.19. The Balaban J connectivity index is 1.70. The van der Waals surface area contributed by atoms with Crippen LogP contribution in [0.3, 0.4) is 0 Å². The van der Waals surface area contributed by atoms with E-state index in [4.69, 9.17) is 0 Å². The quantitative estimate of drug-likeness (QED) is 0.912. The van der Waals surface area contributed by atoms with Crippen molar-refractivity contribution in [2.75, 3.05) is 0 Å². The molecule has 1 atom stereocenters. The standard InChI is InChI=1S/C16H21N3OS/c1-10(2)16-18-11(9-21-16)8-17-13-4-3-5-14-12(13)6-7-15(20)19-14/h6-7,9-10,13,17H,3-5,8H2,1-2H3,(H,19,20).